The molecule has 1 unspecified atom stereocenters. The Balaban J connectivity index is 2.40. The lowest BCUT2D eigenvalue weighted by atomic mass is 10.2. The van der Waals surface area contributed by atoms with Crippen molar-refractivity contribution in [3.05, 3.63) is 0 Å². The predicted octanol–water partition coefficient (Wildman–Crippen LogP) is 0.995. The Morgan fingerprint density at radius 2 is 2.31 bits per heavy atom. The summed E-state index contributed by atoms with van der Waals surface area (Å²) < 4.78 is 0. The molecule has 13 heavy (non-hydrogen) atoms. The SMILES string of the molecule is CCCN1CCC(NC(C)C)C1=O. The van der Waals surface area contributed by atoms with Gasteiger partial charge in [-0.05, 0) is 12.8 Å². The van der Waals surface area contributed by atoms with Crippen molar-refractivity contribution in [1.82, 2.24) is 10.2 Å². The van der Waals surface area contributed by atoms with E-state index >= 15 is 0 Å². The highest BCUT2D eigenvalue weighted by Gasteiger charge is 2.30. The maximum Gasteiger partial charge on any atom is 0.239 e. The molecule has 1 saturated heterocycles. The number of amides is 1. The molecule has 1 N–H and O–H groups in total. The Hall–Kier alpha value is -0.570. The van der Waals surface area contributed by atoms with Crippen molar-refractivity contribution >= 4 is 5.91 Å². The zero-order valence-corrected chi connectivity index (χ0v) is 8.84. The molecule has 0 spiro atoms. The number of hydrogen-bond donors (Lipinski definition) is 1. The van der Waals surface area contributed by atoms with Gasteiger partial charge < -0.3 is 10.2 Å². The van der Waals surface area contributed by atoms with Gasteiger partial charge in [0, 0.05) is 19.1 Å². The molecule has 76 valence electrons. The fourth-order valence-corrected chi connectivity index (χ4v) is 1.79. The maximum atomic E-state index is 11.7. The minimum Gasteiger partial charge on any atom is -0.341 e. The Kier molecular flexibility index (Phi) is 3.72. The molecule has 1 heterocycles. The first kappa shape index (κ1) is 10.5. The van der Waals surface area contributed by atoms with Crippen molar-refractivity contribution in [2.45, 2.75) is 45.7 Å². The van der Waals surface area contributed by atoms with Crippen LogP contribution < -0.4 is 5.32 Å². The average Bonchev–Trinajstić information content (AvgIpc) is 2.36. The van der Waals surface area contributed by atoms with Gasteiger partial charge in [0.05, 0.1) is 6.04 Å². The van der Waals surface area contributed by atoms with Crippen LogP contribution >= 0.6 is 0 Å². The van der Waals surface area contributed by atoms with Gasteiger partial charge in [-0.1, -0.05) is 20.8 Å². The lowest BCUT2D eigenvalue weighted by Gasteiger charge is -2.17. The number of nitrogens with zero attached hydrogens (tertiary/aromatic N) is 1. The van der Waals surface area contributed by atoms with Crippen LogP contribution in [-0.4, -0.2) is 36.0 Å². The summed E-state index contributed by atoms with van der Waals surface area (Å²) >= 11 is 0. The second-order valence-corrected chi connectivity index (χ2v) is 3.99. The van der Waals surface area contributed by atoms with Crippen LogP contribution in [0.15, 0.2) is 0 Å². The molecule has 0 radical (unpaired) electrons. The van der Waals surface area contributed by atoms with E-state index in [2.05, 4.69) is 26.1 Å². The monoisotopic (exact) mass is 184 g/mol. The summed E-state index contributed by atoms with van der Waals surface area (Å²) in [6.45, 7) is 8.11. The van der Waals surface area contributed by atoms with E-state index in [1.165, 1.54) is 0 Å². The fourth-order valence-electron chi connectivity index (χ4n) is 1.79. The van der Waals surface area contributed by atoms with E-state index in [0.29, 0.717) is 6.04 Å². The van der Waals surface area contributed by atoms with Gasteiger partial charge >= 0.3 is 0 Å². The van der Waals surface area contributed by atoms with E-state index in [1.54, 1.807) is 0 Å². The van der Waals surface area contributed by atoms with E-state index < -0.39 is 0 Å². The molecule has 1 aliphatic rings. The van der Waals surface area contributed by atoms with Crippen LogP contribution in [0.1, 0.15) is 33.6 Å². The third-order valence-electron chi connectivity index (χ3n) is 2.33. The van der Waals surface area contributed by atoms with Crippen LogP contribution in [0.2, 0.25) is 0 Å². The number of nitrogens with one attached hydrogen (secondary N) is 1. The highest BCUT2D eigenvalue weighted by atomic mass is 16.2. The summed E-state index contributed by atoms with van der Waals surface area (Å²) in [6.07, 6.45) is 2.02. The molecule has 1 amide bonds. The van der Waals surface area contributed by atoms with E-state index in [4.69, 9.17) is 0 Å². The molecule has 1 rings (SSSR count). The van der Waals surface area contributed by atoms with Crippen molar-refractivity contribution in [2.24, 2.45) is 0 Å². The van der Waals surface area contributed by atoms with Gasteiger partial charge in [-0.15, -0.1) is 0 Å². The molecule has 3 heteroatoms. The van der Waals surface area contributed by atoms with Crippen LogP contribution in [0, 0.1) is 0 Å². The summed E-state index contributed by atoms with van der Waals surface area (Å²) in [5.74, 6) is 0.288. The summed E-state index contributed by atoms with van der Waals surface area (Å²) in [6, 6.07) is 0.474. The normalized spacial score (nSPS) is 23.2. The Morgan fingerprint density at radius 3 is 2.85 bits per heavy atom. The molecule has 3 nitrogen and oxygen atoms in total. The molecule has 0 aromatic rings. The van der Waals surface area contributed by atoms with Gasteiger partial charge in [-0.3, -0.25) is 4.79 Å². The van der Waals surface area contributed by atoms with E-state index in [1.807, 2.05) is 4.90 Å². The van der Waals surface area contributed by atoms with Crippen LogP contribution in [0.4, 0.5) is 0 Å². The van der Waals surface area contributed by atoms with Crippen LogP contribution in [-0.2, 0) is 4.79 Å². The second-order valence-electron chi connectivity index (χ2n) is 3.99. The van der Waals surface area contributed by atoms with E-state index in [-0.39, 0.29) is 11.9 Å². The molecule has 0 aromatic heterocycles. The second kappa shape index (κ2) is 4.61. The molecular formula is C10H20N2O. The first-order valence-electron chi connectivity index (χ1n) is 5.20. The van der Waals surface area contributed by atoms with Crippen molar-refractivity contribution < 1.29 is 4.79 Å². The molecule has 0 aromatic carbocycles. The molecule has 1 atom stereocenters. The standard InChI is InChI=1S/C10H20N2O/c1-4-6-12-7-5-9(10(12)13)11-8(2)3/h8-9,11H,4-7H2,1-3H3. The average molecular weight is 184 g/mol. The topological polar surface area (TPSA) is 32.3 Å². The number of rotatable bonds is 4. The van der Waals surface area contributed by atoms with E-state index in [0.717, 1.165) is 25.9 Å². The molecular weight excluding hydrogens is 164 g/mol. The minimum absolute atomic E-state index is 0.0755. The highest BCUT2D eigenvalue weighted by Crippen LogP contribution is 2.11. The van der Waals surface area contributed by atoms with Crippen molar-refractivity contribution in [1.29, 1.82) is 0 Å². The zero-order valence-electron chi connectivity index (χ0n) is 8.84. The van der Waals surface area contributed by atoms with Gasteiger partial charge in [0.15, 0.2) is 0 Å². The highest BCUT2D eigenvalue weighted by molar-refractivity contribution is 5.83. The molecule has 0 bridgehead atoms. The van der Waals surface area contributed by atoms with Gasteiger partial charge in [0.2, 0.25) is 5.91 Å². The Labute approximate surface area is 80.5 Å². The smallest absolute Gasteiger partial charge is 0.239 e. The molecule has 0 aliphatic carbocycles. The number of likely N-dealkylation sites (tertiary alicyclic amines) is 1. The lowest BCUT2D eigenvalue weighted by molar-refractivity contribution is -0.129. The van der Waals surface area contributed by atoms with E-state index in [9.17, 15) is 4.79 Å². The van der Waals surface area contributed by atoms with Crippen molar-refractivity contribution in [3.63, 3.8) is 0 Å². The third-order valence-corrected chi connectivity index (χ3v) is 2.33. The largest absolute Gasteiger partial charge is 0.341 e. The fraction of sp³-hybridized carbons (Fsp3) is 0.900. The number of carbonyl (C=O) groups is 1. The summed E-state index contributed by atoms with van der Waals surface area (Å²) in [7, 11) is 0. The first-order valence-corrected chi connectivity index (χ1v) is 5.20. The van der Waals surface area contributed by atoms with Gasteiger partial charge in [0.1, 0.15) is 0 Å². The summed E-state index contributed by atoms with van der Waals surface area (Å²) in [5, 5.41) is 3.29. The first-order chi connectivity index (χ1) is 6.15. The predicted molar refractivity (Wildman–Crippen MR) is 53.5 cm³/mol. The lowest BCUT2D eigenvalue weighted by Crippen LogP contribution is -2.41. The summed E-state index contributed by atoms with van der Waals surface area (Å²) in [5.41, 5.74) is 0. The Bertz CT molecular complexity index is 180. The van der Waals surface area contributed by atoms with Crippen LogP contribution in [0.25, 0.3) is 0 Å². The number of hydrogen-bond acceptors (Lipinski definition) is 2. The molecule has 1 aliphatic heterocycles. The zero-order chi connectivity index (χ0) is 9.84. The summed E-state index contributed by atoms with van der Waals surface area (Å²) in [4.78, 5) is 13.7. The molecule has 1 fully saturated rings. The quantitative estimate of drug-likeness (QED) is 0.707. The Morgan fingerprint density at radius 1 is 1.62 bits per heavy atom. The molecule has 0 saturated carbocycles. The number of carbonyl (C=O) groups excluding carboxylic acids is 1. The minimum atomic E-state index is 0.0755. The third kappa shape index (κ3) is 2.69. The van der Waals surface area contributed by atoms with Crippen molar-refractivity contribution in [3.8, 4) is 0 Å². The van der Waals surface area contributed by atoms with Crippen LogP contribution in [0.5, 0.6) is 0 Å². The van der Waals surface area contributed by atoms with Crippen LogP contribution in [0.3, 0.4) is 0 Å². The van der Waals surface area contributed by atoms with Gasteiger partial charge in [-0.2, -0.15) is 0 Å². The maximum absolute atomic E-state index is 11.7. The van der Waals surface area contributed by atoms with Crippen molar-refractivity contribution in [2.75, 3.05) is 13.1 Å². The van der Waals surface area contributed by atoms with Gasteiger partial charge in [0.25, 0.3) is 0 Å². The van der Waals surface area contributed by atoms with Gasteiger partial charge in [-0.25, -0.2) is 0 Å².